The number of hydrogen-bond donors (Lipinski definition) is 2. The molecule has 2 N–H and O–H groups in total. The first-order valence-electron chi connectivity index (χ1n) is 7.94. The summed E-state index contributed by atoms with van der Waals surface area (Å²) in [5.41, 5.74) is 0.252. The predicted octanol–water partition coefficient (Wildman–Crippen LogP) is 3.75. The van der Waals surface area contributed by atoms with E-state index in [4.69, 9.17) is 4.74 Å². The summed E-state index contributed by atoms with van der Waals surface area (Å²) >= 11 is 0. The summed E-state index contributed by atoms with van der Waals surface area (Å²) in [5, 5.41) is 20.1. The Morgan fingerprint density at radius 2 is 2.04 bits per heavy atom. The van der Waals surface area contributed by atoms with Gasteiger partial charge in [0.15, 0.2) is 17.8 Å². The molecule has 2 unspecified atom stereocenters. The second kappa shape index (κ2) is 8.16. The summed E-state index contributed by atoms with van der Waals surface area (Å²) in [7, 11) is 1.43. The summed E-state index contributed by atoms with van der Waals surface area (Å²) in [6.45, 7) is 9.69. The molecule has 128 valence electrons. The van der Waals surface area contributed by atoms with E-state index in [1.54, 1.807) is 25.1 Å². The van der Waals surface area contributed by atoms with E-state index in [0.717, 1.165) is 12.0 Å². The molecule has 4 nitrogen and oxygen atoms in total. The van der Waals surface area contributed by atoms with Gasteiger partial charge in [-0.1, -0.05) is 26.0 Å². The van der Waals surface area contributed by atoms with E-state index in [1.807, 2.05) is 0 Å². The molecule has 23 heavy (non-hydrogen) atoms. The van der Waals surface area contributed by atoms with Crippen molar-refractivity contribution < 1.29 is 19.7 Å². The van der Waals surface area contributed by atoms with Crippen LogP contribution < -0.4 is 4.74 Å². The second-order valence-electron chi connectivity index (χ2n) is 6.77. The lowest BCUT2D eigenvalue weighted by Crippen LogP contribution is -2.26. The lowest BCUT2D eigenvalue weighted by molar-refractivity contribution is 0.0776. The second-order valence-corrected chi connectivity index (χ2v) is 6.77. The van der Waals surface area contributed by atoms with Gasteiger partial charge in [0.25, 0.3) is 0 Å². The Morgan fingerprint density at radius 1 is 1.39 bits per heavy atom. The fraction of sp³-hybridized carbons (Fsp3) is 0.526. The van der Waals surface area contributed by atoms with E-state index in [1.165, 1.54) is 7.11 Å². The SMILES string of the molecule is C=CC(C)(O)CC(Cc1ccc(O)c(OC)c1C=O)CC(C)C. The molecule has 2 atom stereocenters. The molecular formula is C19H28O4. The molecule has 1 aromatic rings. The molecule has 0 spiro atoms. The van der Waals surface area contributed by atoms with Crippen LogP contribution in [0.4, 0.5) is 0 Å². The molecule has 0 amide bonds. The van der Waals surface area contributed by atoms with Crippen molar-refractivity contribution in [1.29, 1.82) is 0 Å². The molecule has 0 aliphatic heterocycles. The molecule has 4 heteroatoms. The molecular weight excluding hydrogens is 292 g/mol. The minimum Gasteiger partial charge on any atom is -0.504 e. The third-order valence-corrected chi connectivity index (χ3v) is 4.04. The van der Waals surface area contributed by atoms with E-state index in [-0.39, 0.29) is 17.4 Å². The van der Waals surface area contributed by atoms with Gasteiger partial charge in [-0.3, -0.25) is 4.79 Å². The molecule has 0 bridgehead atoms. The van der Waals surface area contributed by atoms with E-state index in [2.05, 4.69) is 20.4 Å². The van der Waals surface area contributed by atoms with Crippen LogP contribution in [-0.4, -0.2) is 29.2 Å². The average molecular weight is 320 g/mol. The maximum Gasteiger partial charge on any atom is 0.171 e. The van der Waals surface area contributed by atoms with Crippen molar-refractivity contribution >= 4 is 6.29 Å². The number of ether oxygens (including phenoxy) is 1. The van der Waals surface area contributed by atoms with Gasteiger partial charge in [0.2, 0.25) is 0 Å². The minimum absolute atomic E-state index is 0.0446. The zero-order valence-corrected chi connectivity index (χ0v) is 14.5. The summed E-state index contributed by atoms with van der Waals surface area (Å²) in [4.78, 5) is 11.4. The van der Waals surface area contributed by atoms with Crippen LogP contribution >= 0.6 is 0 Å². The number of rotatable bonds is 9. The van der Waals surface area contributed by atoms with Crippen molar-refractivity contribution in [2.75, 3.05) is 7.11 Å². The van der Waals surface area contributed by atoms with Crippen molar-refractivity contribution in [3.05, 3.63) is 35.9 Å². The summed E-state index contributed by atoms with van der Waals surface area (Å²) in [6, 6.07) is 3.29. The van der Waals surface area contributed by atoms with Gasteiger partial charge in [-0.2, -0.15) is 0 Å². The third-order valence-electron chi connectivity index (χ3n) is 4.04. The molecule has 0 saturated carbocycles. The molecule has 0 heterocycles. The monoisotopic (exact) mass is 320 g/mol. The van der Waals surface area contributed by atoms with Crippen molar-refractivity contribution in [1.82, 2.24) is 0 Å². The van der Waals surface area contributed by atoms with Gasteiger partial charge < -0.3 is 14.9 Å². The van der Waals surface area contributed by atoms with Crippen LogP contribution in [0, 0.1) is 11.8 Å². The van der Waals surface area contributed by atoms with Crippen molar-refractivity contribution in [3.8, 4) is 11.5 Å². The van der Waals surface area contributed by atoms with Crippen LogP contribution in [0.1, 0.15) is 49.5 Å². The first-order chi connectivity index (χ1) is 10.7. The lowest BCUT2D eigenvalue weighted by Gasteiger charge is -2.27. The van der Waals surface area contributed by atoms with E-state index >= 15 is 0 Å². The number of benzene rings is 1. The topological polar surface area (TPSA) is 66.8 Å². The van der Waals surface area contributed by atoms with Gasteiger partial charge in [0, 0.05) is 0 Å². The fourth-order valence-corrected chi connectivity index (χ4v) is 3.03. The Bertz CT molecular complexity index is 547. The molecule has 0 aliphatic rings. The van der Waals surface area contributed by atoms with Gasteiger partial charge in [-0.05, 0) is 49.7 Å². The van der Waals surface area contributed by atoms with Crippen LogP contribution in [0.15, 0.2) is 24.8 Å². The number of carbonyl (C=O) groups excluding carboxylic acids is 1. The largest absolute Gasteiger partial charge is 0.504 e. The highest BCUT2D eigenvalue weighted by Gasteiger charge is 2.25. The van der Waals surface area contributed by atoms with Gasteiger partial charge in [-0.25, -0.2) is 0 Å². The predicted molar refractivity (Wildman–Crippen MR) is 92.1 cm³/mol. The van der Waals surface area contributed by atoms with Crippen LogP contribution in [0.2, 0.25) is 0 Å². The number of carbonyl (C=O) groups is 1. The van der Waals surface area contributed by atoms with Gasteiger partial charge >= 0.3 is 0 Å². The highest BCUT2D eigenvalue weighted by molar-refractivity contribution is 5.83. The van der Waals surface area contributed by atoms with Gasteiger partial charge in [0.1, 0.15) is 0 Å². The van der Waals surface area contributed by atoms with Gasteiger partial charge in [0.05, 0.1) is 18.3 Å². The molecule has 1 aromatic carbocycles. The van der Waals surface area contributed by atoms with E-state index < -0.39 is 5.60 Å². The number of aromatic hydroxyl groups is 1. The highest BCUT2D eigenvalue weighted by Crippen LogP contribution is 2.34. The smallest absolute Gasteiger partial charge is 0.171 e. The summed E-state index contributed by atoms with van der Waals surface area (Å²) in [6.07, 6.45) is 4.39. The van der Waals surface area contributed by atoms with Crippen LogP contribution in [0.3, 0.4) is 0 Å². The van der Waals surface area contributed by atoms with Crippen molar-refractivity contribution in [2.45, 2.75) is 45.6 Å². The summed E-state index contributed by atoms with van der Waals surface area (Å²) in [5.74, 6) is 0.823. The normalized spacial score (nSPS) is 15.0. The molecule has 1 rings (SSSR count). The zero-order valence-electron chi connectivity index (χ0n) is 14.5. The number of methoxy groups -OCH3 is 1. The standard InChI is InChI=1S/C19H28O4/c1-6-19(4,22)11-14(9-13(2)3)10-15-7-8-17(21)18(23-5)16(15)12-20/h6-8,12-14,21-22H,1,9-11H2,2-5H3. The van der Waals surface area contributed by atoms with Crippen LogP contribution in [0.25, 0.3) is 0 Å². The number of hydrogen-bond acceptors (Lipinski definition) is 4. The fourth-order valence-electron chi connectivity index (χ4n) is 3.03. The average Bonchev–Trinajstić information content (AvgIpc) is 2.47. The number of phenols is 1. The van der Waals surface area contributed by atoms with Crippen LogP contribution in [-0.2, 0) is 6.42 Å². The van der Waals surface area contributed by atoms with E-state index in [0.29, 0.717) is 30.6 Å². The molecule has 0 fully saturated rings. The zero-order chi connectivity index (χ0) is 17.6. The minimum atomic E-state index is -0.943. The molecule has 0 saturated heterocycles. The Morgan fingerprint density at radius 3 is 2.52 bits per heavy atom. The Kier molecular flexibility index (Phi) is 6.82. The molecule has 0 aliphatic carbocycles. The van der Waals surface area contributed by atoms with Gasteiger partial charge in [-0.15, -0.1) is 6.58 Å². The summed E-state index contributed by atoms with van der Waals surface area (Å²) < 4.78 is 5.15. The Hall–Kier alpha value is -1.81. The number of phenolic OH excluding ortho intramolecular Hbond substituents is 1. The first kappa shape index (κ1) is 19.2. The highest BCUT2D eigenvalue weighted by atomic mass is 16.5. The molecule has 0 radical (unpaired) electrons. The molecule has 0 aromatic heterocycles. The van der Waals surface area contributed by atoms with Crippen LogP contribution in [0.5, 0.6) is 11.5 Å². The maximum absolute atomic E-state index is 11.4. The van der Waals surface area contributed by atoms with E-state index in [9.17, 15) is 15.0 Å². The Balaban J connectivity index is 3.12. The van der Waals surface area contributed by atoms with Crippen molar-refractivity contribution in [2.24, 2.45) is 11.8 Å². The maximum atomic E-state index is 11.4. The first-order valence-corrected chi connectivity index (χ1v) is 7.94. The Labute approximate surface area is 138 Å². The number of aliphatic hydroxyl groups is 1. The quantitative estimate of drug-likeness (QED) is 0.537. The van der Waals surface area contributed by atoms with Crippen molar-refractivity contribution in [3.63, 3.8) is 0 Å². The number of aldehydes is 1. The third kappa shape index (κ3) is 5.39. The lowest BCUT2D eigenvalue weighted by atomic mass is 9.81.